The molecular formula is C21H28N2O. The average Bonchev–Trinajstić information content (AvgIpc) is 2.60. The molecule has 0 amide bonds. The van der Waals surface area contributed by atoms with E-state index in [1.54, 1.807) is 0 Å². The van der Waals surface area contributed by atoms with Crippen LogP contribution in [0.5, 0.6) is 0 Å². The third-order valence-electron chi connectivity index (χ3n) is 4.84. The van der Waals surface area contributed by atoms with Crippen LogP contribution in [-0.2, 0) is 17.8 Å². The lowest BCUT2D eigenvalue weighted by Crippen LogP contribution is -2.58. The Morgan fingerprint density at radius 2 is 1.46 bits per heavy atom. The first-order valence-corrected chi connectivity index (χ1v) is 8.81. The first-order chi connectivity index (χ1) is 11.8. The van der Waals surface area contributed by atoms with Gasteiger partial charge < -0.3 is 4.74 Å². The molecule has 0 N–H and O–H groups in total. The Labute approximate surface area is 145 Å². The van der Waals surface area contributed by atoms with Crippen LogP contribution in [0.3, 0.4) is 0 Å². The van der Waals surface area contributed by atoms with Crippen LogP contribution in [0.4, 0.5) is 0 Å². The van der Waals surface area contributed by atoms with Gasteiger partial charge in [-0.1, -0.05) is 60.7 Å². The summed E-state index contributed by atoms with van der Waals surface area (Å²) in [7, 11) is 1.81. The zero-order valence-corrected chi connectivity index (χ0v) is 14.8. The molecule has 128 valence electrons. The maximum atomic E-state index is 5.53. The first-order valence-electron chi connectivity index (χ1n) is 8.81. The topological polar surface area (TPSA) is 15.7 Å². The molecule has 3 nitrogen and oxygen atoms in total. The van der Waals surface area contributed by atoms with E-state index in [0.29, 0.717) is 12.1 Å². The van der Waals surface area contributed by atoms with Gasteiger partial charge in [-0.15, -0.1) is 0 Å². The van der Waals surface area contributed by atoms with Gasteiger partial charge >= 0.3 is 0 Å². The fourth-order valence-electron chi connectivity index (χ4n) is 3.71. The zero-order valence-electron chi connectivity index (χ0n) is 14.8. The van der Waals surface area contributed by atoms with Gasteiger partial charge in [0.2, 0.25) is 0 Å². The summed E-state index contributed by atoms with van der Waals surface area (Å²) in [6.45, 7) is 7.28. The summed E-state index contributed by atoms with van der Waals surface area (Å²) in [5, 5.41) is 0. The second-order valence-corrected chi connectivity index (χ2v) is 6.80. The lowest BCUT2D eigenvalue weighted by Gasteiger charge is -2.45. The van der Waals surface area contributed by atoms with E-state index in [4.69, 9.17) is 4.74 Å². The number of ether oxygens (including phenoxy) is 1. The number of benzene rings is 2. The largest absolute Gasteiger partial charge is 0.383 e. The highest BCUT2D eigenvalue weighted by atomic mass is 16.5. The fraction of sp³-hybridized carbons (Fsp3) is 0.429. The molecule has 0 aromatic heterocycles. The van der Waals surface area contributed by atoms with Gasteiger partial charge in [0.1, 0.15) is 0 Å². The van der Waals surface area contributed by atoms with Crippen LogP contribution in [0.2, 0.25) is 0 Å². The van der Waals surface area contributed by atoms with Gasteiger partial charge in [0.25, 0.3) is 0 Å². The number of methoxy groups -OCH3 is 1. The standard InChI is InChI=1S/C21H28N2O/c1-18-13-22(14-19-9-5-3-6-10-19)16-21(17-24-2)23(18)15-20-11-7-4-8-12-20/h3-12,18,21H,13-17H2,1-2H3/t18-,21-/m0/s1. The predicted molar refractivity (Wildman–Crippen MR) is 98.8 cm³/mol. The van der Waals surface area contributed by atoms with Crippen LogP contribution < -0.4 is 0 Å². The maximum Gasteiger partial charge on any atom is 0.0630 e. The smallest absolute Gasteiger partial charge is 0.0630 e. The summed E-state index contributed by atoms with van der Waals surface area (Å²) >= 11 is 0. The van der Waals surface area contributed by atoms with Crippen LogP contribution in [0.15, 0.2) is 60.7 Å². The van der Waals surface area contributed by atoms with Crippen molar-refractivity contribution in [2.24, 2.45) is 0 Å². The van der Waals surface area contributed by atoms with Gasteiger partial charge in [-0.2, -0.15) is 0 Å². The molecular weight excluding hydrogens is 296 g/mol. The summed E-state index contributed by atoms with van der Waals surface area (Å²) in [6.07, 6.45) is 0. The highest BCUT2D eigenvalue weighted by Gasteiger charge is 2.31. The molecule has 0 radical (unpaired) electrons. The van der Waals surface area contributed by atoms with Crippen LogP contribution in [0.1, 0.15) is 18.1 Å². The van der Waals surface area contributed by atoms with E-state index < -0.39 is 0 Å². The number of piperazine rings is 1. The highest BCUT2D eigenvalue weighted by Crippen LogP contribution is 2.21. The third-order valence-corrected chi connectivity index (χ3v) is 4.84. The number of nitrogens with zero attached hydrogens (tertiary/aromatic N) is 2. The lowest BCUT2D eigenvalue weighted by molar-refractivity contribution is -0.0142. The molecule has 1 heterocycles. The van der Waals surface area contributed by atoms with E-state index in [-0.39, 0.29) is 0 Å². The SMILES string of the molecule is COC[C@@H]1CN(Cc2ccccc2)C[C@H](C)N1Cc1ccccc1. The van der Waals surface area contributed by atoms with Crippen molar-refractivity contribution in [1.82, 2.24) is 9.80 Å². The minimum absolute atomic E-state index is 0.433. The van der Waals surface area contributed by atoms with Gasteiger partial charge in [0.15, 0.2) is 0 Å². The van der Waals surface area contributed by atoms with Gasteiger partial charge in [-0.25, -0.2) is 0 Å². The zero-order chi connectivity index (χ0) is 16.8. The second-order valence-electron chi connectivity index (χ2n) is 6.80. The van der Waals surface area contributed by atoms with Gasteiger partial charge in [-0.05, 0) is 18.1 Å². The third kappa shape index (κ3) is 4.44. The van der Waals surface area contributed by atoms with Crippen molar-refractivity contribution in [2.45, 2.75) is 32.1 Å². The summed E-state index contributed by atoms with van der Waals surface area (Å²) in [5.41, 5.74) is 2.76. The molecule has 1 aliphatic heterocycles. The average molecular weight is 324 g/mol. The molecule has 0 spiro atoms. The van der Waals surface area contributed by atoms with Crippen molar-refractivity contribution < 1.29 is 4.74 Å². The monoisotopic (exact) mass is 324 g/mol. The lowest BCUT2D eigenvalue weighted by atomic mass is 10.0. The summed E-state index contributed by atoms with van der Waals surface area (Å²) < 4.78 is 5.53. The van der Waals surface area contributed by atoms with Crippen LogP contribution in [0.25, 0.3) is 0 Å². The Morgan fingerprint density at radius 3 is 2.04 bits per heavy atom. The molecule has 24 heavy (non-hydrogen) atoms. The van der Waals surface area contributed by atoms with Gasteiger partial charge in [0.05, 0.1) is 6.61 Å². The summed E-state index contributed by atoms with van der Waals surface area (Å²) in [6, 6.07) is 22.5. The minimum Gasteiger partial charge on any atom is -0.383 e. The molecule has 3 rings (SSSR count). The Kier molecular flexibility index (Phi) is 6.02. The minimum atomic E-state index is 0.433. The molecule has 3 heteroatoms. The highest BCUT2D eigenvalue weighted by molar-refractivity contribution is 5.16. The molecule has 0 bridgehead atoms. The Hall–Kier alpha value is -1.68. The van der Waals surface area contributed by atoms with Crippen molar-refractivity contribution in [3.8, 4) is 0 Å². The van der Waals surface area contributed by atoms with Gasteiger partial charge in [-0.3, -0.25) is 9.80 Å². The molecule has 0 saturated carbocycles. The fourth-order valence-corrected chi connectivity index (χ4v) is 3.71. The van der Waals surface area contributed by atoms with Crippen molar-refractivity contribution in [2.75, 3.05) is 26.8 Å². The molecule has 1 fully saturated rings. The van der Waals surface area contributed by atoms with Crippen molar-refractivity contribution in [3.05, 3.63) is 71.8 Å². The number of hydrogen-bond acceptors (Lipinski definition) is 3. The Morgan fingerprint density at radius 1 is 0.875 bits per heavy atom. The number of rotatable bonds is 6. The second kappa shape index (κ2) is 8.43. The van der Waals surface area contributed by atoms with E-state index in [0.717, 1.165) is 32.8 Å². The summed E-state index contributed by atoms with van der Waals surface area (Å²) in [5.74, 6) is 0. The van der Waals surface area contributed by atoms with Crippen LogP contribution >= 0.6 is 0 Å². The van der Waals surface area contributed by atoms with Crippen molar-refractivity contribution in [1.29, 1.82) is 0 Å². The Bertz CT molecular complexity index is 602. The first kappa shape index (κ1) is 17.2. The molecule has 2 aromatic carbocycles. The van der Waals surface area contributed by atoms with Crippen LogP contribution in [-0.4, -0.2) is 48.7 Å². The van der Waals surface area contributed by atoms with Gasteiger partial charge in [0, 0.05) is 45.4 Å². The van der Waals surface area contributed by atoms with E-state index >= 15 is 0 Å². The molecule has 0 aliphatic carbocycles. The molecule has 0 unspecified atom stereocenters. The van der Waals surface area contributed by atoms with Crippen molar-refractivity contribution in [3.63, 3.8) is 0 Å². The normalized spacial score (nSPS) is 22.6. The quantitative estimate of drug-likeness (QED) is 0.810. The number of hydrogen-bond donors (Lipinski definition) is 0. The molecule has 2 aromatic rings. The molecule has 1 aliphatic rings. The van der Waals surface area contributed by atoms with E-state index in [9.17, 15) is 0 Å². The Balaban J connectivity index is 1.68. The predicted octanol–water partition coefficient (Wildman–Crippen LogP) is 3.41. The molecule has 1 saturated heterocycles. The van der Waals surface area contributed by atoms with E-state index in [1.807, 2.05) is 7.11 Å². The van der Waals surface area contributed by atoms with Crippen molar-refractivity contribution >= 4 is 0 Å². The van der Waals surface area contributed by atoms with Crippen LogP contribution in [0, 0.1) is 0 Å². The maximum absolute atomic E-state index is 5.53. The van der Waals surface area contributed by atoms with E-state index in [2.05, 4.69) is 77.4 Å². The molecule has 2 atom stereocenters. The van der Waals surface area contributed by atoms with E-state index in [1.165, 1.54) is 11.1 Å². The summed E-state index contributed by atoms with van der Waals surface area (Å²) in [4.78, 5) is 5.16.